The van der Waals surface area contributed by atoms with Crippen molar-refractivity contribution in [3.63, 3.8) is 0 Å². The summed E-state index contributed by atoms with van der Waals surface area (Å²) in [6.07, 6.45) is 1.58. The zero-order chi connectivity index (χ0) is 10.8. The molecule has 0 aromatic carbocycles. The van der Waals surface area contributed by atoms with Gasteiger partial charge in [-0.3, -0.25) is 0 Å². The second-order valence-electron chi connectivity index (χ2n) is 3.95. The Hall–Kier alpha value is -0.600. The summed E-state index contributed by atoms with van der Waals surface area (Å²) in [5.41, 5.74) is 0. The lowest BCUT2D eigenvalue weighted by molar-refractivity contribution is 0.294. The van der Waals surface area contributed by atoms with Gasteiger partial charge in [-0.15, -0.1) is 0 Å². The molecular weight excluding hydrogens is 200 g/mol. The molecule has 5 heteroatoms. The van der Waals surface area contributed by atoms with Crippen LogP contribution in [-0.2, 0) is 10.0 Å². The van der Waals surface area contributed by atoms with E-state index in [2.05, 4.69) is 6.07 Å². The normalized spacial score (nSPS) is 24.4. The van der Waals surface area contributed by atoms with Crippen LogP contribution in [0.15, 0.2) is 0 Å². The SMILES string of the molecule is CC(C)C(C#N)N1CCCCS1(=O)=O. The van der Waals surface area contributed by atoms with Gasteiger partial charge in [0, 0.05) is 6.54 Å². The fraction of sp³-hybridized carbons (Fsp3) is 0.889. The summed E-state index contributed by atoms with van der Waals surface area (Å²) in [7, 11) is -3.17. The average Bonchev–Trinajstić information content (AvgIpc) is 2.08. The van der Waals surface area contributed by atoms with Gasteiger partial charge in [-0.1, -0.05) is 13.8 Å². The van der Waals surface area contributed by atoms with Crippen molar-refractivity contribution in [2.45, 2.75) is 32.7 Å². The molecular formula is C9H16N2O2S. The minimum Gasteiger partial charge on any atom is -0.212 e. The van der Waals surface area contributed by atoms with E-state index in [-0.39, 0.29) is 11.7 Å². The molecule has 1 heterocycles. The van der Waals surface area contributed by atoms with Crippen molar-refractivity contribution in [3.8, 4) is 6.07 Å². The summed E-state index contributed by atoms with van der Waals surface area (Å²) in [5.74, 6) is 0.241. The summed E-state index contributed by atoms with van der Waals surface area (Å²) >= 11 is 0. The monoisotopic (exact) mass is 216 g/mol. The van der Waals surface area contributed by atoms with Crippen molar-refractivity contribution >= 4 is 10.0 Å². The molecule has 1 aliphatic rings. The van der Waals surface area contributed by atoms with Crippen LogP contribution in [0.3, 0.4) is 0 Å². The minimum atomic E-state index is -3.17. The van der Waals surface area contributed by atoms with Crippen LogP contribution in [0.4, 0.5) is 0 Å². The van der Waals surface area contributed by atoms with Crippen LogP contribution < -0.4 is 0 Å². The number of hydrogen-bond donors (Lipinski definition) is 0. The summed E-state index contributed by atoms with van der Waals surface area (Å²) in [6.45, 7) is 4.24. The molecule has 0 radical (unpaired) electrons. The Kier molecular flexibility index (Phi) is 3.51. The van der Waals surface area contributed by atoms with E-state index in [1.54, 1.807) is 0 Å². The minimum absolute atomic E-state index is 0.0490. The maximum atomic E-state index is 11.7. The molecule has 80 valence electrons. The fourth-order valence-corrected chi connectivity index (χ4v) is 3.51. The number of nitriles is 1. The lowest BCUT2D eigenvalue weighted by Gasteiger charge is -2.31. The highest BCUT2D eigenvalue weighted by atomic mass is 32.2. The second-order valence-corrected chi connectivity index (χ2v) is 5.99. The first-order chi connectivity index (χ1) is 6.49. The zero-order valence-corrected chi connectivity index (χ0v) is 9.42. The Labute approximate surface area is 85.6 Å². The number of nitrogens with zero attached hydrogens (tertiary/aromatic N) is 2. The van der Waals surface area contributed by atoms with E-state index < -0.39 is 16.1 Å². The Morgan fingerprint density at radius 1 is 1.36 bits per heavy atom. The molecule has 4 nitrogen and oxygen atoms in total. The molecule has 0 N–H and O–H groups in total. The van der Waals surface area contributed by atoms with Gasteiger partial charge in [0.05, 0.1) is 11.8 Å². The van der Waals surface area contributed by atoms with Crippen LogP contribution in [0, 0.1) is 17.2 Å². The third-order valence-electron chi connectivity index (χ3n) is 2.46. The van der Waals surface area contributed by atoms with Crippen LogP contribution in [-0.4, -0.2) is 31.1 Å². The van der Waals surface area contributed by atoms with Crippen molar-refractivity contribution in [2.24, 2.45) is 5.92 Å². The molecule has 1 aliphatic heterocycles. The lowest BCUT2D eigenvalue weighted by Crippen LogP contribution is -2.46. The van der Waals surface area contributed by atoms with Crippen LogP contribution in [0.1, 0.15) is 26.7 Å². The van der Waals surface area contributed by atoms with Gasteiger partial charge in [0.15, 0.2) is 0 Å². The molecule has 0 aliphatic carbocycles. The number of rotatable bonds is 2. The van der Waals surface area contributed by atoms with Crippen LogP contribution in [0.5, 0.6) is 0 Å². The topological polar surface area (TPSA) is 61.2 Å². The highest BCUT2D eigenvalue weighted by Crippen LogP contribution is 2.20. The van der Waals surface area contributed by atoms with Crippen LogP contribution in [0.25, 0.3) is 0 Å². The van der Waals surface area contributed by atoms with Gasteiger partial charge in [0.25, 0.3) is 0 Å². The van der Waals surface area contributed by atoms with E-state index in [0.29, 0.717) is 6.54 Å². The Morgan fingerprint density at radius 2 is 2.00 bits per heavy atom. The van der Waals surface area contributed by atoms with Crippen molar-refractivity contribution in [2.75, 3.05) is 12.3 Å². The maximum Gasteiger partial charge on any atom is 0.215 e. The second kappa shape index (κ2) is 4.28. The van der Waals surface area contributed by atoms with E-state index in [0.717, 1.165) is 12.8 Å². The molecule has 0 aromatic rings. The average molecular weight is 216 g/mol. The van der Waals surface area contributed by atoms with Crippen molar-refractivity contribution in [1.82, 2.24) is 4.31 Å². The fourth-order valence-electron chi connectivity index (χ4n) is 1.67. The summed E-state index contributed by atoms with van der Waals surface area (Å²) in [6, 6.07) is 1.57. The van der Waals surface area contributed by atoms with Crippen molar-refractivity contribution in [1.29, 1.82) is 5.26 Å². The Bertz CT molecular complexity index is 329. The molecule has 0 aromatic heterocycles. The zero-order valence-electron chi connectivity index (χ0n) is 8.60. The quantitative estimate of drug-likeness (QED) is 0.690. The third kappa shape index (κ3) is 2.25. The van der Waals surface area contributed by atoms with Crippen molar-refractivity contribution < 1.29 is 8.42 Å². The van der Waals surface area contributed by atoms with Gasteiger partial charge in [0.2, 0.25) is 10.0 Å². The van der Waals surface area contributed by atoms with E-state index >= 15 is 0 Å². The van der Waals surface area contributed by atoms with Gasteiger partial charge in [0.1, 0.15) is 6.04 Å². The molecule has 1 atom stereocenters. The van der Waals surface area contributed by atoms with Gasteiger partial charge >= 0.3 is 0 Å². The van der Waals surface area contributed by atoms with Crippen LogP contribution in [0.2, 0.25) is 0 Å². The first kappa shape index (κ1) is 11.5. The van der Waals surface area contributed by atoms with Gasteiger partial charge in [-0.05, 0) is 18.8 Å². The molecule has 0 spiro atoms. The van der Waals surface area contributed by atoms with E-state index in [1.165, 1.54) is 4.31 Å². The number of hydrogen-bond acceptors (Lipinski definition) is 3. The Balaban J connectivity index is 2.90. The summed E-state index contributed by atoms with van der Waals surface area (Å²) < 4.78 is 24.7. The van der Waals surface area contributed by atoms with E-state index in [4.69, 9.17) is 5.26 Å². The molecule has 1 rings (SSSR count). The molecule has 0 bridgehead atoms. The standard InChI is InChI=1S/C9H16N2O2S/c1-8(2)9(7-10)11-5-3-4-6-14(11,12)13/h8-9H,3-6H2,1-2H3. The molecule has 14 heavy (non-hydrogen) atoms. The molecule has 0 saturated carbocycles. The molecule has 1 saturated heterocycles. The van der Waals surface area contributed by atoms with E-state index in [9.17, 15) is 8.42 Å². The van der Waals surface area contributed by atoms with Gasteiger partial charge < -0.3 is 0 Å². The van der Waals surface area contributed by atoms with Gasteiger partial charge in [-0.25, -0.2) is 8.42 Å². The predicted molar refractivity (Wildman–Crippen MR) is 54.0 cm³/mol. The highest BCUT2D eigenvalue weighted by Gasteiger charge is 2.33. The molecule has 1 fully saturated rings. The highest BCUT2D eigenvalue weighted by molar-refractivity contribution is 7.89. The smallest absolute Gasteiger partial charge is 0.212 e. The van der Waals surface area contributed by atoms with Crippen molar-refractivity contribution in [3.05, 3.63) is 0 Å². The van der Waals surface area contributed by atoms with E-state index in [1.807, 2.05) is 13.8 Å². The predicted octanol–water partition coefficient (Wildman–Crippen LogP) is 0.960. The van der Waals surface area contributed by atoms with Gasteiger partial charge in [-0.2, -0.15) is 9.57 Å². The molecule has 1 unspecified atom stereocenters. The number of sulfonamides is 1. The molecule has 0 amide bonds. The first-order valence-electron chi connectivity index (χ1n) is 4.88. The first-order valence-corrected chi connectivity index (χ1v) is 6.49. The largest absolute Gasteiger partial charge is 0.215 e. The third-order valence-corrected chi connectivity index (χ3v) is 4.39. The summed E-state index contributed by atoms with van der Waals surface area (Å²) in [5, 5.41) is 8.92. The summed E-state index contributed by atoms with van der Waals surface area (Å²) in [4.78, 5) is 0. The lowest BCUT2D eigenvalue weighted by atomic mass is 10.1. The maximum absolute atomic E-state index is 11.7. The Morgan fingerprint density at radius 3 is 2.43 bits per heavy atom. The van der Waals surface area contributed by atoms with Crippen LogP contribution >= 0.6 is 0 Å².